The van der Waals surface area contributed by atoms with Crippen molar-refractivity contribution in [3.05, 3.63) is 35.6 Å². The van der Waals surface area contributed by atoms with Gasteiger partial charge in [-0.15, -0.1) is 0 Å². The third kappa shape index (κ3) is 3.85. The van der Waals surface area contributed by atoms with Crippen LogP contribution < -0.4 is 0 Å². The van der Waals surface area contributed by atoms with Crippen molar-refractivity contribution >= 4 is 16.6 Å². The van der Waals surface area contributed by atoms with Crippen LogP contribution in [-0.4, -0.2) is 21.0 Å². The number of Topliss-reactive ketones (excluding diaryl/α,β-unsaturated/α-hetero) is 1. The molecule has 0 N–H and O–H groups in total. The lowest BCUT2D eigenvalue weighted by Gasteiger charge is -2.05. The highest BCUT2D eigenvalue weighted by molar-refractivity contribution is 7.86. The van der Waals surface area contributed by atoms with Crippen molar-refractivity contribution < 1.29 is 13.4 Å². The van der Waals surface area contributed by atoms with Crippen LogP contribution in [0, 0.1) is 5.82 Å². The Morgan fingerprint density at radius 3 is 2.56 bits per heavy atom. The summed E-state index contributed by atoms with van der Waals surface area (Å²) in [6, 6.07) is 6.16. The second-order valence-corrected chi connectivity index (χ2v) is 5.87. The molecule has 0 radical (unpaired) electrons. The summed E-state index contributed by atoms with van der Waals surface area (Å²) in [6.07, 6.45) is 0.0190. The quantitative estimate of drug-likeness (QED) is 0.792. The molecule has 0 saturated carbocycles. The lowest BCUT2D eigenvalue weighted by molar-refractivity contribution is -0.116. The summed E-state index contributed by atoms with van der Waals surface area (Å²) < 4.78 is 24.6. The molecule has 0 aliphatic heterocycles. The average molecular weight is 242 g/mol. The van der Waals surface area contributed by atoms with E-state index < -0.39 is 10.8 Å². The molecule has 1 unspecified atom stereocenters. The predicted octanol–water partition coefficient (Wildman–Crippen LogP) is 2.09. The van der Waals surface area contributed by atoms with E-state index in [1.807, 2.05) is 0 Å². The van der Waals surface area contributed by atoms with Gasteiger partial charge in [0.25, 0.3) is 0 Å². The van der Waals surface area contributed by atoms with Crippen molar-refractivity contribution in [1.29, 1.82) is 0 Å². The zero-order valence-corrected chi connectivity index (χ0v) is 10.2. The topological polar surface area (TPSA) is 34.1 Å². The van der Waals surface area contributed by atoms with E-state index in [1.54, 1.807) is 32.0 Å². The van der Waals surface area contributed by atoms with E-state index in [0.29, 0.717) is 5.56 Å². The fourth-order valence-corrected chi connectivity index (χ4v) is 1.98. The van der Waals surface area contributed by atoms with Gasteiger partial charge in [0.15, 0.2) is 0 Å². The van der Waals surface area contributed by atoms with E-state index in [4.69, 9.17) is 0 Å². The fourth-order valence-electron chi connectivity index (χ4n) is 1.23. The van der Waals surface area contributed by atoms with Crippen LogP contribution in [0.1, 0.15) is 19.4 Å². The molecule has 0 aliphatic carbocycles. The van der Waals surface area contributed by atoms with Gasteiger partial charge in [0.05, 0.1) is 5.75 Å². The summed E-state index contributed by atoms with van der Waals surface area (Å²) in [5.41, 5.74) is 0.369. The van der Waals surface area contributed by atoms with E-state index in [2.05, 4.69) is 0 Å². The molecule has 0 aliphatic rings. The number of halogens is 1. The molecule has 1 atom stereocenters. The van der Waals surface area contributed by atoms with Gasteiger partial charge in [-0.05, 0) is 11.6 Å². The molecule has 0 fully saturated rings. The Bertz CT molecular complexity index is 402. The summed E-state index contributed by atoms with van der Waals surface area (Å²) in [6.45, 7) is 3.60. The standard InChI is InChI=1S/C12H15FO2S/c1-9(2)16(15)8-11(14)7-10-5-3-4-6-12(10)13/h3-6,9H,7-8H2,1-2H3. The highest BCUT2D eigenvalue weighted by Gasteiger charge is 2.13. The number of rotatable bonds is 5. The normalized spacial score (nSPS) is 12.8. The van der Waals surface area contributed by atoms with Gasteiger partial charge in [0.2, 0.25) is 0 Å². The smallest absolute Gasteiger partial charge is 0.149 e. The molecule has 0 aromatic heterocycles. The average Bonchev–Trinajstić information content (AvgIpc) is 2.21. The Labute approximate surface area is 97.3 Å². The molecular formula is C12H15FO2S. The molecule has 88 valence electrons. The molecule has 16 heavy (non-hydrogen) atoms. The summed E-state index contributed by atoms with van der Waals surface area (Å²) >= 11 is 0. The number of ketones is 1. The van der Waals surface area contributed by atoms with Gasteiger partial charge in [0, 0.05) is 22.5 Å². The van der Waals surface area contributed by atoms with Gasteiger partial charge in [-0.2, -0.15) is 0 Å². The first-order valence-electron chi connectivity index (χ1n) is 5.13. The maximum Gasteiger partial charge on any atom is 0.149 e. The maximum atomic E-state index is 13.2. The van der Waals surface area contributed by atoms with E-state index in [-0.39, 0.29) is 29.0 Å². The molecule has 1 rings (SSSR count). The minimum Gasteiger partial charge on any atom is -0.298 e. The number of hydrogen-bond acceptors (Lipinski definition) is 2. The summed E-state index contributed by atoms with van der Waals surface area (Å²) in [5.74, 6) is -0.560. The Hall–Kier alpha value is -1.03. The van der Waals surface area contributed by atoms with E-state index >= 15 is 0 Å². The first-order chi connectivity index (χ1) is 7.50. The summed E-state index contributed by atoms with van der Waals surface area (Å²) in [4.78, 5) is 11.5. The number of carbonyl (C=O) groups is 1. The van der Waals surface area contributed by atoms with Crippen LogP contribution in [0.5, 0.6) is 0 Å². The Kier molecular flexibility index (Phi) is 4.80. The van der Waals surface area contributed by atoms with E-state index in [0.717, 1.165) is 0 Å². The third-order valence-corrected chi connectivity index (χ3v) is 3.83. The molecule has 1 aromatic carbocycles. The summed E-state index contributed by atoms with van der Waals surface area (Å²) in [5, 5.41) is -0.0374. The monoisotopic (exact) mass is 242 g/mol. The van der Waals surface area contributed by atoms with Crippen LogP contribution in [0.15, 0.2) is 24.3 Å². The van der Waals surface area contributed by atoms with Crippen LogP contribution in [0.4, 0.5) is 4.39 Å². The fraction of sp³-hybridized carbons (Fsp3) is 0.417. The van der Waals surface area contributed by atoms with Crippen LogP contribution in [0.2, 0.25) is 0 Å². The zero-order valence-electron chi connectivity index (χ0n) is 9.40. The Balaban J connectivity index is 2.59. The molecule has 4 heteroatoms. The maximum absolute atomic E-state index is 13.2. The van der Waals surface area contributed by atoms with Gasteiger partial charge < -0.3 is 0 Å². The van der Waals surface area contributed by atoms with E-state index in [1.165, 1.54) is 6.07 Å². The van der Waals surface area contributed by atoms with Crippen LogP contribution in [0.25, 0.3) is 0 Å². The van der Waals surface area contributed by atoms with Crippen molar-refractivity contribution in [2.75, 3.05) is 5.75 Å². The number of carbonyl (C=O) groups excluding carboxylic acids is 1. The van der Waals surface area contributed by atoms with Gasteiger partial charge in [-0.1, -0.05) is 32.0 Å². The zero-order chi connectivity index (χ0) is 12.1. The second-order valence-electron chi connectivity index (χ2n) is 3.88. The Morgan fingerprint density at radius 1 is 1.38 bits per heavy atom. The number of benzene rings is 1. The van der Waals surface area contributed by atoms with Crippen molar-refractivity contribution in [2.45, 2.75) is 25.5 Å². The van der Waals surface area contributed by atoms with Crippen molar-refractivity contribution in [3.8, 4) is 0 Å². The SMILES string of the molecule is CC(C)S(=O)CC(=O)Cc1ccccc1F. The van der Waals surface area contributed by atoms with Gasteiger partial charge in [-0.3, -0.25) is 9.00 Å². The molecule has 0 bridgehead atoms. The molecule has 0 amide bonds. The molecule has 2 nitrogen and oxygen atoms in total. The number of hydrogen-bond donors (Lipinski definition) is 0. The molecule has 0 saturated heterocycles. The Morgan fingerprint density at radius 2 is 2.00 bits per heavy atom. The highest BCUT2D eigenvalue weighted by atomic mass is 32.2. The van der Waals surface area contributed by atoms with Crippen LogP contribution in [-0.2, 0) is 22.0 Å². The first-order valence-corrected chi connectivity index (χ1v) is 6.51. The minimum absolute atomic E-state index is 0.00595. The van der Waals surface area contributed by atoms with Gasteiger partial charge >= 0.3 is 0 Å². The second kappa shape index (κ2) is 5.89. The van der Waals surface area contributed by atoms with Crippen LogP contribution in [0.3, 0.4) is 0 Å². The third-order valence-electron chi connectivity index (χ3n) is 2.17. The first kappa shape index (κ1) is 13.0. The lowest BCUT2D eigenvalue weighted by Crippen LogP contribution is -2.19. The van der Waals surface area contributed by atoms with Crippen molar-refractivity contribution in [3.63, 3.8) is 0 Å². The highest BCUT2D eigenvalue weighted by Crippen LogP contribution is 2.08. The van der Waals surface area contributed by atoms with Gasteiger partial charge in [-0.25, -0.2) is 4.39 Å². The predicted molar refractivity (Wildman–Crippen MR) is 63.3 cm³/mol. The molecule has 1 aromatic rings. The minimum atomic E-state index is -1.15. The molecular weight excluding hydrogens is 227 g/mol. The largest absolute Gasteiger partial charge is 0.298 e. The summed E-state index contributed by atoms with van der Waals surface area (Å²) in [7, 11) is -1.15. The van der Waals surface area contributed by atoms with Crippen molar-refractivity contribution in [1.82, 2.24) is 0 Å². The van der Waals surface area contributed by atoms with Crippen molar-refractivity contribution in [2.24, 2.45) is 0 Å². The lowest BCUT2D eigenvalue weighted by atomic mass is 10.1. The van der Waals surface area contributed by atoms with E-state index in [9.17, 15) is 13.4 Å². The molecule has 0 heterocycles. The van der Waals surface area contributed by atoms with Gasteiger partial charge in [0.1, 0.15) is 11.6 Å². The molecule has 0 spiro atoms. The van der Waals surface area contributed by atoms with Crippen LogP contribution >= 0.6 is 0 Å².